The number of nitro groups is 1. The quantitative estimate of drug-likeness (QED) is 0.638. The zero-order valence-electron chi connectivity index (χ0n) is 14.3. The molecule has 2 heterocycles. The molecule has 0 amide bonds. The van der Waals surface area contributed by atoms with E-state index >= 15 is 0 Å². The maximum atomic E-state index is 11.0. The van der Waals surface area contributed by atoms with Gasteiger partial charge in [0.25, 0.3) is 0 Å². The molecule has 1 fully saturated rings. The standard InChI is InChI=1S/C18H22N4O3/c1-25-17-12-15(5-6-16(17)22(23)24)20-13-14-7-8-19-18(11-14)21-9-3-2-4-10-21/h5-8,11-12,20H,2-4,9-10,13H2,1H3. The summed E-state index contributed by atoms with van der Waals surface area (Å²) in [7, 11) is 1.43. The minimum absolute atomic E-state index is 0.0376. The summed E-state index contributed by atoms with van der Waals surface area (Å²) in [4.78, 5) is 17.3. The number of pyridine rings is 1. The minimum Gasteiger partial charge on any atom is -0.490 e. The highest BCUT2D eigenvalue weighted by Crippen LogP contribution is 2.30. The fourth-order valence-electron chi connectivity index (χ4n) is 3.01. The van der Waals surface area contributed by atoms with Gasteiger partial charge in [0.05, 0.1) is 12.0 Å². The van der Waals surface area contributed by atoms with Crippen molar-refractivity contribution in [2.45, 2.75) is 25.8 Å². The van der Waals surface area contributed by atoms with Crippen LogP contribution in [-0.2, 0) is 6.54 Å². The molecule has 3 rings (SSSR count). The lowest BCUT2D eigenvalue weighted by Crippen LogP contribution is -2.30. The second kappa shape index (κ2) is 7.83. The SMILES string of the molecule is COc1cc(NCc2ccnc(N3CCCCC3)c2)ccc1[N+](=O)[O-]. The van der Waals surface area contributed by atoms with Crippen LogP contribution in [0.4, 0.5) is 17.2 Å². The van der Waals surface area contributed by atoms with E-state index < -0.39 is 4.92 Å². The third-order valence-electron chi connectivity index (χ3n) is 4.36. The van der Waals surface area contributed by atoms with Crippen LogP contribution in [0.5, 0.6) is 5.75 Å². The van der Waals surface area contributed by atoms with Gasteiger partial charge in [-0.05, 0) is 43.0 Å². The topological polar surface area (TPSA) is 80.5 Å². The highest BCUT2D eigenvalue weighted by atomic mass is 16.6. The van der Waals surface area contributed by atoms with Gasteiger partial charge in [-0.25, -0.2) is 4.98 Å². The van der Waals surface area contributed by atoms with Crippen molar-refractivity contribution < 1.29 is 9.66 Å². The van der Waals surface area contributed by atoms with Crippen molar-refractivity contribution in [2.24, 2.45) is 0 Å². The molecule has 1 saturated heterocycles. The van der Waals surface area contributed by atoms with E-state index in [4.69, 9.17) is 4.74 Å². The molecule has 0 saturated carbocycles. The number of benzene rings is 1. The number of methoxy groups -OCH3 is 1. The smallest absolute Gasteiger partial charge is 0.311 e. The van der Waals surface area contributed by atoms with Gasteiger partial charge in [0.2, 0.25) is 0 Å². The van der Waals surface area contributed by atoms with Gasteiger partial charge in [0.15, 0.2) is 5.75 Å². The normalized spacial score (nSPS) is 14.2. The first kappa shape index (κ1) is 17.0. The highest BCUT2D eigenvalue weighted by molar-refractivity contribution is 5.58. The minimum atomic E-state index is -0.448. The van der Waals surface area contributed by atoms with Crippen molar-refractivity contribution in [3.05, 3.63) is 52.2 Å². The molecule has 2 aromatic rings. The molecule has 25 heavy (non-hydrogen) atoms. The summed E-state index contributed by atoms with van der Waals surface area (Å²) in [6.45, 7) is 2.73. The van der Waals surface area contributed by atoms with Crippen molar-refractivity contribution >= 4 is 17.2 Å². The number of nitrogens with zero attached hydrogens (tertiary/aromatic N) is 3. The molecule has 0 spiro atoms. The Hall–Kier alpha value is -2.83. The summed E-state index contributed by atoms with van der Waals surface area (Å²) in [6, 6.07) is 8.86. The number of hydrogen-bond donors (Lipinski definition) is 1. The van der Waals surface area contributed by atoms with E-state index in [1.165, 1.54) is 32.4 Å². The van der Waals surface area contributed by atoms with E-state index in [0.717, 1.165) is 30.2 Å². The summed E-state index contributed by atoms with van der Waals surface area (Å²) in [5, 5.41) is 14.2. The summed E-state index contributed by atoms with van der Waals surface area (Å²) >= 11 is 0. The molecule has 0 radical (unpaired) electrons. The summed E-state index contributed by atoms with van der Waals surface area (Å²) in [6.07, 6.45) is 5.55. The fourth-order valence-corrected chi connectivity index (χ4v) is 3.01. The van der Waals surface area contributed by atoms with E-state index in [9.17, 15) is 10.1 Å². The molecule has 0 unspecified atom stereocenters. The largest absolute Gasteiger partial charge is 0.490 e. The second-order valence-electron chi connectivity index (χ2n) is 6.07. The monoisotopic (exact) mass is 342 g/mol. The Bertz CT molecular complexity index is 745. The van der Waals surface area contributed by atoms with Crippen molar-refractivity contribution in [1.82, 2.24) is 4.98 Å². The molecule has 0 bridgehead atoms. The number of ether oxygens (including phenoxy) is 1. The Balaban J connectivity index is 1.68. The Morgan fingerprint density at radius 2 is 2.04 bits per heavy atom. The summed E-state index contributed by atoms with van der Waals surface area (Å²) in [5.41, 5.74) is 1.86. The van der Waals surface area contributed by atoms with Gasteiger partial charge in [-0.1, -0.05) is 0 Å². The lowest BCUT2D eigenvalue weighted by atomic mass is 10.1. The first-order valence-corrected chi connectivity index (χ1v) is 8.43. The molecule has 0 atom stereocenters. The first-order chi connectivity index (χ1) is 12.2. The van der Waals surface area contributed by atoms with Gasteiger partial charge in [-0.15, -0.1) is 0 Å². The predicted molar refractivity (Wildman–Crippen MR) is 97.3 cm³/mol. The van der Waals surface area contributed by atoms with E-state index in [0.29, 0.717) is 6.54 Å². The second-order valence-corrected chi connectivity index (χ2v) is 6.07. The van der Waals surface area contributed by atoms with Crippen LogP contribution in [0, 0.1) is 10.1 Å². The van der Waals surface area contributed by atoms with Gasteiger partial charge < -0.3 is 15.0 Å². The molecular formula is C18H22N4O3. The van der Waals surface area contributed by atoms with Crippen LogP contribution >= 0.6 is 0 Å². The lowest BCUT2D eigenvalue weighted by Gasteiger charge is -2.28. The molecule has 1 aromatic carbocycles. The molecule has 132 valence electrons. The lowest BCUT2D eigenvalue weighted by molar-refractivity contribution is -0.385. The average Bonchev–Trinajstić information content (AvgIpc) is 2.67. The molecule has 7 heteroatoms. The summed E-state index contributed by atoms with van der Waals surface area (Å²) in [5.74, 6) is 1.26. The number of nitrogens with one attached hydrogen (secondary N) is 1. The summed E-state index contributed by atoms with van der Waals surface area (Å²) < 4.78 is 5.10. The zero-order chi connectivity index (χ0) is 17.6. The van der Waals surface area contributed by atoms with Crippen LogP contribution in [0.2, 0.25) is 0 Å². The predicted octanol–water partition coefficient (Wildman–Crippen LogP) is 3.60. The average molecular weight is 342 g/mol. The number of anilines is 2. The van der Waals surface area contributed by atoms with E-state index in [-0.39, 0.29) is 11.4 Å². The van der Waals surface area contributed by atoms with Crippen LogP contribution in [-0.4, -0.2) is 30.1 Å². The molecule has 7 nitrogen and oxygen atoms in total. The van der Waals surface area contributed by atoms with Crippen LogP contribution in [0.15, 0.2) is 36.5 Å². The molecular weight excluding hydrogens is 320 g/mol. The van der Waals surface area contributed by atoms with E-state index in [1.54, 1.807) is 12.1 Å². The van der Waals surface area contributed by atoms with Crippen molar-refractivity contribution in [2.75, 3.05) is 30.4 Å². The number of rotatable bonds is 6. The van der Waals surface area contributed by atoms with Crippen LogP contribution in [0.25, 0.3) is 0 Å². The number of piperidine rings is 1. The van der Waals surface area contributed by atoms with Gasteiger partial charge in [0.1, 0.15) is 5.82 Å². The van der Waals surface area contributed by atoms with Crippen molar-refractivity contribution in [1.29, 1.82) is 0 Å². The molecule has 1 N–H and O–H groups in total. The van der Waals surface area contributed by atoms with E-state index in [2.05, 4.69) is 21.3 Å². The maximum absolute atomic E-state index is 11.0. The third-order valence-corrected chi connectivity index (χ3v) is 4.36. The number of hydrogen-bond acceptors (Lipinski definition) is 6. The molecule has 1 aliphatic heterocycles. The third kappa shape index (κ3) is 4.17. The zero-order valence-corrected chi connectivity index (χ0v) is 14.3. The molecule has 1 aromatic heterocycles. The van der Waals surface area contributed by atoms with Crippen molar-refractivity contribution in [3.8, 4) is 5.75 Å². The van der Waals surface area contributed by atoms with Gasteiger partial charge in [-0.2, -0.15) is 0 Å². The molecule has 1 aliphatic rings. The number of aromatic nitrogens is 1. The van der Waals surface area contributed by atoms with Crippen LogP contribution in [0.1, 0.15) is 24.8 Å². The van der Waals surface area contributed by atoms with Gasteiger partial charge >= 0.3 is 5.69 Å². The van der Waals surface area contributed by atoms with Crippen LogP contribution in [0.3, 0.4) is 0 Å². The Morgan fingerprint density at radius 1 is 1.24 bits per heavy atom. The Morgan fingerprint density at radius 3 is 2.76 bits per heavy atom. The van der Waals surface area contributed by atoms with Crippen molar-refractivity contribution in [3.63, 3.8) is 0 Å². The van der Waals surface area contributed by atoms with Gasteiger partial charge in [-0.3, -0.25) is 10.1 Å². The Kier molecular flexibility index (Phi) is 5.33. The Labute approximate surface area is 146 Å². The maximum Gasteiger partial charge on any atom is 0.311 e. The fraction of sp³-hybridized carbons (Fsp3) is 0.389. The molecule has 0 aliphatic carbocycles. The van der Waals surface area contributed by atoms with Crippen LogP contribution < -0.4 is 15.0 Å². The first-order valence-electron chi connectivity index (χ1n) is 8.43. The van der Waals surface area contributed by atoms with Gasteiger partial charge in [0, 0.05) is 43.7 Å². The highest BCUT2D eigenvalue weighted by Gasteiger charge is 2.15. The van der Waals surface area contributed by atoms with E-state index in [1.807, 2.05) is 12.3 Å². The number of nitro benzene ring substituents is 1.